The molecule has 0 radical (unpaired) electrons. The maximum absolute atomic E-state index is 12.9. The maximum atomic E-state index is 12.9. The average molecular weight is 493 g/mol. The van der Waals surface area contributed by atoms with E-state index in [2.05, 4.69) is 10.5 Å². The fourth-order valence-corrected chi connectivity index (χ4v) is 3.41. The predicted molar refractivity (Wildman–Crippen MR) is 135 cm³/mol. The Morgan fingerprint density at radius 3 is 2.08 bits per heavy atom. The molecule has 188 valence electrons. The summed E-state index contributed by atoms with van der Waals surface area (Å²) in [5.74, 6) is 0.860. The zero-order valence-electron chi connectivity index (χ0n) is 20.8. The number of carbonyl (C=O) groups excluding carboxylic acids is 2. The minimum atomic E-state index is -0.638. The summed E-state index contributed by atoms with van der Waals surface area (Å²) in [4.78, 5) is 25.0. The molecule has 3 aromatic carbocycles. The van der Waals surface area contributed by atoms with Crippen molar-refractivity contribution in [1.29, 1.82) is 0 Å². The van der Waals surface area contributed by atoms with Crippen LogP contribution in [-0.2, 0) is 4.79 Å². The van der Waals surface area contributed by atoms with Gasteiger partial charge < -0.3 is 23.7 Å². The van der Waals surface area contributed by atoms with Crippen molar-refractivity contribution in [2.24, 2.45) is 5.10 Å². The number of hydrogen-bond donors (Lipinski definition) is 1. The summed E-state index contributed by atoms with van der Waals surface area (Å²) in [5, 5.41) is 3.96. The number of nitrogens with one attached hydrogen (secondary N) is 1. The molecule has 0 aliphatic carbocycles. The summed E-state index contributed by atoms with van der Waals surface area (Å²) in [6, 6.07) is 15.5. The van der Waals surface area contributed by atoms with Gasteiger partial charge in [-0.05, 0) is 49.2 Å². The molecule has 0 aliphatic rings. The van der Waals surface area contributed by atoms with Gasteiger partial charge in [0.05, 0.1) is 33.1 Å². The molecule has 0 heterocycles. The number of hydrogen-bond acceptors (Lipinski definition) is 8. The molecule has 0 aliphatic heterocycles. The molecule has 3 rings (SSSR count). The van der Waals surface area contributed by atoms with Gasteiger partial charge in [-0.15, -0.1) is 0 Å². The van der Waals surface area contributed by atoms with Crippen molar-refractivity contribution in [3.05, 3.63) is 76.9 Å². The smallest absolute Gasteiger partial charge is 0.343 e. The van der Waals surface area contributed by atoms with Crippen LogP contribution in [0, 0.1) is 13.8 Å². The molecule has 3 aromatic rings. The second-order valence-corrected chi connectivity index (χ2v) is 7.64. The van der Waals surface area contributed by atoms with Crippen LogP contribution in [0.3, 0.4) is 0 Å². The quantitative estimate of drug-likeness (QED) is 0.197. The van der Waals surface area contributed by atoms with E-state index in [9.17, 15) is 9.59 Å². The third-order valence-corrected chi connectivity index (χ3v) is 5.17. The van der Waals surface area contributed by atoms with Crippen LogP contribution >= 0.6 is 0 Å². The van der Waals surface area contributed by atoms with E-state index < -0.39 is 11.9 Å². The first-order chi connectivity index (χ1) is 17.4. The van der Waals surface area contributed by atoms with E-state index >= 15 is 0 Å². The lowest BCUT2D eigenvalue weighted by Crippen LogP contribution is -2.25. The lowest BCUT2D eigenvalue weighted by molar-refractivity contribution is -0.123. The first kappa shape index (κ1) is 26.1. The van der Waals surface area contributed by atoms with Crippen molar-refractivity contribution >= 4 is 18.1 Å². The van der Waals surface area contributed by atoms with Gasteiger partial charge in [-0.25, -0.2) is 10.2 Å². The number of para-hydroxylation sites is 2. The Labute approximate surface area is 209 Å². The van der Waals surface area contributed by atoms with E-state index in [1.165, 1.54) is 39.7 Å². The molecular formula is C27H28N2O7. The number of methoxy groups -OCH3 is 3. The summed E-state index contributed by atoms with van der Waals surface area (Å²) in [5.41, 5.74) is 4.97. The molecule has 0 fully saturated rings. The van der Waals surface area contributed by atoms with Crippen LogP contribution in [0.2, 0.25) is 0 Å². The fourth-order valence-electron chi connectivity index (χ4n) is 3.41. The van der Waals surface area contributed by atoms with Crippen LogP contribution in [0.15, 0.2) is 59.7 Å². The molecule has 0 atom stereocenters. The van der Waals surface area contributed by atoms with E-state index in [1.807, 2.05) is 32.0 Å². The number of rotatable bonds is 10. The Hall–Kier alpha value is -4.53. The van der Waals surface area contributed by atoms with Gasteiger partial charge >= 0.3 is 5.97 Å². The van der Waals surface area contributed by atoms with Crippen molar-refractivity contribution in [3.63, 3.8) is 0 Å². The van der Waals surface area contributed by atoms with Gasteiger partial charge in [0.25, 0.3) is 5.91 Å². The SMILES string of the molecule is COc1cc(C(=O)Oc2ccccc2C=NNC(=O)COc2c(C)cccc2C)cc(OC)c1OC. The molecule has 36 heavy (non-hydrogen) atoms. The van der Waals surface area contributed by atoms with Crippen molar-refractivity contribution in [1.82, 2.24) is 5.43 Å². The van der Waals surface area contributed by atoms with E-state index in [-0.39, 0.29) is 17.9 Å². The molecule has 9 nitrogen and oxygen atoms in total. The Bertz CT molecular complexity index is 1230. The van der Waals surface area contributed by atoms with Gasteiger partial charge in [0.15, 0.2) is 18.1 Å². The summed E-state index contributed by atoms with van der Waals surface area (Å²) >= 11 is 0. The van der Waals surface area contributed by atoms with Crippen molar-refractivity contribution in [3.8, 4) is 28.7 Å². The Morgan fingerprint density at radius 1 is 0.833 bits per heavy atom. The Balaban J connectivity index is 1.67. The van der Waals surface area contributed by atoms with Crippen LogP contribution in [-0.4, -0.2) is 46.0 Å². The lowest BCUT2D eigenvalue weighted by Gasteiger charge is -2.14. The van der Waals surface area contributed by atoms with Crippen LogP contribution in [0.4, 0.5) is 0 Å². The van der Waals surface area contributed by atoms with Gasteiger partial charge in [0, 0.05) is 5.56 Å². The number of hydrazone groups is 1. The monoisotopic (exact) mass is 492 g/mol. The molecule has 1 amide bonds. The van der Waals surface area contributed by atoms with Crippen LogP contribution in [0.25, 0.3) is 0 Å². The van der Waals surface area contributed by atoms with Crippen LogP contribution < -0.4 is 29.1 Å². The summed E-state index contributed by atoms with van der Waals surface area (Å²) in [6.07, 6.45) is 1.38. The molecular weight excluding hydrogens is 464 g/mol. The predicted octanol–water partition coefficient (Wildman–Crippen LogP) is 4.08. The molecule has 0 saturated heterocycles. The zero-order valence-corrected chi connectivity index (χ0v) is 20.8. The zero-order chi connectivity index (χ0) is 26.1. The molecule has 0 bridgehead atoms. The van der Waals surface area contributed by atoms with E-state index in [4.69, 9.17) is 23.7 Å². The topological polar surface area (TPSA) is 105 Å². The third-order valence-electron chi connectivity index (χ3n) is 5.17. The summed E-state index contributed by atoms with van der Waals surface area (Å²) in [7, 11) is 4.39. The second kappa shape index (κ2) is 12.3. The number of amides is 1. The maximum Gasteiger partial charge on any atom is 0.343 e. The lowest BCUT2D eigenvalue weighted by atomic mass is 10.1. The van der Waals surface area contributed by atoms with Gasteiger partial charge in [-0.2, -0.15) is 5.10 Å². The Morgan fingerprint density at radius 2 is 1.47 bits per heavy atom. The summed E-state index contributed by atoms with van der Waals surface area (Å²) in [6.45, 7) is 3.63. The number of nitrogens with zero attached hydrogens (tertiary/aromatic N) is 1. The van der Waals surface area contributed by atoms with Crippen LogP contribution in [0.5, 0.6) is 28.7 Å². The first-order valence-electron chi connectivity index (χ1n) is 11.0. The minimum absolute atomic E-state index is 0.194. The Kier molecular flexibility index (Phi) is 8.88. The van der Waals surface area contributed by atoms with Gasteiger partial charge in [-0.1, -0.05) is 30.3 Å². The molecule has 0 aromatic heterocycles. The highest BCUT2D eigenvalue weighted by Crippen LogP contribution is 2.38. The highest BCUT2D eigenvalue weighted by molar-refractivity contribution is 5.94. The fraction of sp³-hybridized carbons (Fsp3) is 0.222. The minimum Gasteiger partial charge on any atom is -0.493 e. The average Bonchev–Trinajstić information content (AvgIpc) is 2.88. The standard InChI is InChI=1S/C27H28N2O7/c1-17-9-8-10-18(2)25(17)35-16-24(30)29-28-15-19-11-6-7-12-21(19)36-27(31)20-13-22(32-3)26(34-5)23(14-20)33-4/h6-15H,16H2,1-5H3,(H,29,30). The van der Waals surface area contributed by atoms with Crippen molar-refractivity contribution in [2.45, 2.75) is 13.8 Å². The van der Waals surface area contributed by atoms with Gasteiger partial charge in [0.1, 0.15) is 11.5 Å². The first-order valence-corrected chi connectivity index (χ1v) is 11.0. The number of aryl methyl sites for hydroxylation is 2. The van der Waals surface area contributed by atoms with E-state index in [0.29, 0.717) is 28.6 Å². The number of benzene rings is 3. The van der Waals surface area contributed by atoms with E-state index in [0.717, 1.165) is 11.1 Å². The molecule has 0 spiro atoms. The number of carbonyl (C=O) groups is 2. The van der Waals surface area contributed by atoms with Crippen molar-refractivity contribution < 1.29 is 33.3 Å². The van der Waals surface area contributed by atoms with E-state index in [1.54, 1.807) is 24.3 Å². The highest BCUT2D eigenvalue weighted by Gasteiger charge is 2.19. The van der Waals surface area contributed by atoms with Gasteiger partial charge in [-0.3, -0.25) is 4.79 Å². The number of esters is 1. The molecule has 1 N–H and O–H groups in total. The molecule has 9 heteroatoms. The number of ether oxygens (including phenoxy) is 5. The van der Waals surface area contributed by atoms with Crippen LogP contribution in [0.1, 0.15) is 27.0 Å². The highest BCUT2D eigenvalue weighted by atomic mass is 16.5. The third kappa shape index (κ3) is 6.32. The van der Waals surface area contributed by atoms with Gasteiger partial charge in [0.2, 0.25) is 5.75 Å². The largest absolute Gasteiger partial charge is 0.493 e. The van der Waals surface area contributed by atoms with Crippen molar-refractivity contribution in [2.75, 3.05) is 27.9 Å². The summed E-state index contributed by atoms with van der Waals surface area (Å²) < 4.78 is 27.1. The normalized spacial score (nSPS) is 10.6. The molecule has 0 unspecified atom stereocenters. The second-order valence-electron chi connectivity index (χ2n) is 7.64. The molecule has 0 saturated carbocycles.